The van der Waals surface area contributed by atoms with E-state index in [1.807, 2.05) is 18.2 Å². The van der Waals surface area contributed by atoms with Crippen LogP contribution in [0.2, 0.25) is 0 Å². The van der Waals surface area contributed by atoms with E-state index in [1.165, 1.54) is 0 Å². The lowest BCUT2D eigenvalue weighted by atomic mass is 10.2. The Morgan fingerprint density at radius 1 is 1.45 bits per heavy atom. The molecule has 56 valence electrons. The van der Waals surface area contributed by atoms with Gasteiger partial charge in [-0.15, -0.1) is 0 Å². The van der Waals surface area contributed by atoms with Crippen LogP contribution >= 0.6 is 0 Å². The van der Waals surface area contributed by atoms with E-state index in [1.54, 1.807) is 5.12 Å². The number of hydrogen-bond acceptors (Lipinski definition) is 4. The molecule has 11 heavy (non-hydrogen) atoms. The van der Waals surface area contributed by atoms with Gasteiger partial charge < -0.3 is 10.3 Å². The molecule has 2 heterocycles. The molecule has 0 aromatic heterocycles. The Labute approximate surface area is 62.8 Å². The van der Waals surface area contributed by atoms with Gasteiger partial charge in [0.15, 0.2) is 5.75 Å². The van der Waals surface area contributed by atoms with Crippen molar-refractivity contribution < 1.29 is 4.84 Å². The summed E-state index contributed by atoms with van der Waals surface area (Å²) in [5.41, 5.74) is 11.3. The summed E-state index contributed by atoms with van der Waals surface area (Å²) in [6, 6.07) is 5.70. The molecule has 0 aliphatic carbocycles. The van der Waals surface area contributed by atoms with Gasteiger partial charge >= 0.3 is 0 Å². The van der Waals surface area contributed by atoms with E-state index < -0.39 is 0 Å². The van der Waals surface area contributed by atoms with E-state index >= 15 is 0 Å². The second-order valence-corrected chi connectivity index (χ2v) is 2.36. The van der Waals surface area contributed by atoms with Crippen LogP contribution in [0.1, 0.15) is 0 Å². The number of para-hydroxylation sites is 1. The Morgan fingerprint density at radius 2 is 2.45 bits per heavy atom. The van der Waals surface area contributed by atoms with Crippen molar-refractivity contribution in [3.05, 3.63) is 23.6 Å². The first-order valence-corrected chi connectivity index (χ1v) is 3.27. The Morgan fingerprint density at radius 3 is 3.45 bits per heavy atom. The van der Waals surface area contributed by atoms with Crippen molar-refractivity contribution >= 4 is 11.4 Å². The summed E-state index contributed by atoms with van der Waals surface area (Å²) >= 11 is 0. The monoisotopic (exact) mass is 149 g/mol. The minimum absolute atomic E-state index is 0.802. The molecule has 0 amide bonds. The molecule has 0 saturated carbocycles. The number of anilines is 1. The summed E-state index contributed by atoms with van der Waals surface area (Å²) in [5, 5.41) is 1.63. The smallest absolute Gasteiger partial charge is 0.174 e. The molecule has 5 heteroatoms. The maximum atomic E-state index is 5.10. The number of hydrazine groups is 2. The van der Waals surface area contributed by atoms with Gasteiger partial charge in [-0.05, 0) is 6.07 Å². The molecular formula is C6H5N4O-. The highest BCUT2D eigenvalue weighted by molar-refractivity contribution is 5.82. The van der Waals surface area contributed by atoms with Crippen LogP contribution in [0.15, 0.2) is 18.2 Å². The van der Waals surface area contributed by atoms with Crippen molar-refractivity contribution in [3.8, 4) is 5.75 Å². The second-order valence-electron chi connectivity index (χ2n) is 2.36. The summed E-state index contributed by atoms with van der Waals surface area (Å²) in [4.78, 5) is 5.10. The average Bonchev–Trinajstić information content (AvgIpc) is 2.60. The highest BCUT2D eigenvalue weighted by Crippen LogP contribution is 2.44. The van der Waals surface area contributed by atoms with Crippen molar-refractivity contribution in [2.45, 2.75) is 0 Å². The van der Waals surface area contributed by atoms with Gasteiger partial charge in [0.1, 0.15) is 5.69 Å². The highest BCUT2D eigenvalue weighted by Gasteiger charge is 2.22. The Kier molecular flexibility index (Phi) is 0.750. The van der Waals surface area contributed by atoms with Crippen molar-refractivity contribution in [1.82, 2.24) is 11.1 Å². The van der Waals surface area contributed by atoms with Crippen LogP contribution in [-0.2, 0) is 0 Å². The van der Waals surface area contributed by atoms with E-state index in [-0.39, 0.29) is 0 Å². The predicted octanol–water partition coefficient (Wildman–Crippen LogP) is 0.743. The van der Waals surface area contributed by atoms with Crippen LogP contribution in [0, 0.1) is 0 Å². The van der Waals surface area contributed by atoms with Crippen molar-refractivity contribution in [1.29, 1.82) is 0 Å². The standard InChI is InChI=1S/C6H5N4O/c1-2-4-6-5(3-1)11-9-10(6)8-7-4/h1-3,8-9H/q-1. The fraction of sp³-hybridized carbons (Fsp3) is 0. The summed E-state index contributed by atoms with van der Waals surface area (Å²) < 4.78 is 0. The molecule has 1 aromatic carbocycles. The molecule has 0 spiro atoms. The zero-order chi connectivity index (χ0) is 7.26. The first-order valence-electron chi connectivity index (χ1n) is 3.27. The first kappa shape index (κ1) is 5.22. The predicted molar refractivity (Wildman–Crippen MR) is 38.8 cm³/mol. The summed E-state index contributed by atoms with van der Waals surface area (Å²) in [6.45, 7) is 0. The van der Waals surface area contributed by atoms with E-state index in [4.69, 9.17) is 4.84 Å². The molecule has 3 rings (SSSR count). The van der Waals surface area contributed by atoms with Crippen molar-refractivity contribution in [2.75, 3.05) is 5.12 Å². The van der Waals surface area contributed by atoms with E-state index in [9.17, 15) is 0 Å². The van der Waals surface area contributed by atoms with Crippen LogP contribution < -0.4 is 21.1 Å². The number of nitrogens with one attached hydrogen (secondary N) is 2. The third kappa shape index (κ3) is 0.519. The van der Waals surface area contributed by atoms with Gasteiger partial charge in [-0.3, -0.25) is 5.53 Å². The average molecular weight is 149 g/mol. The van der Waals surface area contributed by atoms with Gasteiger partial charge in [-0.2, -0.15) is 0 Å². The number of hydrogen-bond donors (Lipinski definition) is 2. The normalized spacial score (nSPS) is 17.6. The van der Waals surface area contributed by atoms with Crippen molar-refractivity contribution in [3.63, 3.8) is 0 Å². The SMILES string of the molecule is c1cc2c3c(c1)ONN3N[N-]2. The molecule has 0 atom stereocenters. The van der Waals surface area contributed by atoms with Gasteiger partial charge in [-0.1, -0.05) is 23.4 Å². The van der Waals surface area contributed by atoms with E-state index in [0.717, 1.165) is 17.1 Å². The molecular weight excluding hydrogens is 144 g/mol. The van der Waals surface area contributed by atoms with E-state index in [0.29, 0.717) is 0 Å². The lowest BCUT2D eigenvalue weighted by Gasteiger charge is -2.17. The van der Waals surface area contributed by atoms with Gasteiger partial charge in [0.05, 0.1) is 0 Å². The molecule has 0 saturated heterocycles. The quantitative estimate of drug-likeness (QED) is 0.571. The lowest BCUT2D eigenvalue weighted by Crippen LogP contribution is -2.40. The Balaban J connectivity index is 2.31. The summed E-state index contributed by atoms with van der Waals surface area (Å²) in [7, 11) is 0. The summed E-state index contributed by atoms with van der Waals surface area (Å²) in [5.74, 6) is 0.802. The fourth-order valence-corrected chi connectivity index (χ4v) is 1.22. The van der Waals surface area contributed by atoms with Crippen LogP contribution in [0.5, 0.6) is 5.75 Å². The Hall–Kier alpha value is -1.46. The zero-order valence-corrected chi connectivity index (χ0v) is 5.53. The topological polar surface area (TPSA) is 50.6 Å². The zero-order valence-electron chi connectivity index (χ0n) is 5.53. The fourth-order valence-electron chi connectivity index (χ4n) is 1.22. The Bertz CT molecular complexity index is 287. The number of benzene rings is 1. The largest absolute Gasteiger partial charge is 0.601 e. The summed E-state index contributed by atoms with van der Waals surface area (Å²) in [6.07, 6.45) is 0. The highest BCUT2D eigenvalue weighted by atomic mass is 16.7. The lowest BCUT2D eigenvalue weighted by molar-refractivity contribution is 0.206. The maximum Gasteiger partial charge on any atom is 0.174 e. The van der Waals surface area contributed by atoms with Crippen LogP contribution in [0.3, 0.4) is 0 Å². The van der Waals surface area contributed by atoms with Crippen molar-refractivity contribution in [2.24, 2.45) is 0 Å². The number of nitrogens with zero attached hydrogens (tertiary/aromatic N) is 2. The second kappa shape index (κ2) is 1.58. The van der Waals surface area contributed by atoms with Gasteiger partial charge in [0, 0.05) is 0 Å². The molecule has 0 radical (unpaired) electrons. The van der Waals surface area contributed by atoms with Gasteiger partial charge in [0.2, 0.25) is 0 Å². The molecule has 0 bridgehead atoms. The van der Waals surface area contributed by atoms with Gasteiger partial charge in [-0.25, -0.2) is 5.12 Å². The number of rotatable bonds is 0. The molecule has 0 fully saturated rings. The molecule has 2 N–H and O–H groups in total. The van der Waals surface area contributed by atoms with Crippen LogP contribution in [-0.4, -0.2) is 0 Å². The van der Waals surface area contributed by atoms with Crippen LogP contribution in [0.4, 0.5) is 11.4 Å². The molecule has 0 unspecified atom stereocenters. The molecule has 5 nitrogen and oxygen atoms in total. The third-order valence-electron chi connectivity index (χ3n) is 1.72. The molecule has 1 aromatic rings. The maximum absolute atomic E-state index is 5.10. The minimum atomic E-state index is 0.802. The minimum Gasteiger partial charge on any atom is -0.601 e. The third-order valence-corrected chi connectivity index (χ3v) is 1.72. The molecule has 2 aliphatic rings. The van der Waals surface area contributed by atoms with E-state index in [2.05, 4.69) is 16.5 Å². The van der Waals surface area contributed by atoms with Gasteiger partial charge in [0.25, 0.3) is 0 Å². The van der Waals surface area contributed by atoms with Crippen LogP contribution in [0.25, 0.3) is 5.43 Å². The molecule has 2 aliphatic heterocycles. The first-order chi connectivity index (χ1) is 5.45.